The van der Waals surface area contributed by atoms with Gasteiger partial charge in [0.2, 0.25) is 0 Å². The van der Waals surface area contributed by atoms with E-state index in [4.69, 9.17) is 10.8 Å². The van der Waals surface area contributed by atoms with Crippen LogP contribution in [0.3, 0.4) is 0 Å². The second kappa shape index (κ2) is 3.16. The molecule has 5 heteroatoms. The molecule has 60 valence electrons. The fourth-order valence-electron chi connectivity index (χ4n) is 0.705. The van der Waals surface area contributed by atoms with Gasteiger partial charge in [-0.2, -0.15) is 0 Å². The number of nitrogens with one attached hydrogen (secondary N) is 1. The maximum Gasteiger partial charge on any atom is 0.320 e. The van der Waals surface area contributed by atoms with E-state index in [9.17, 15) is 4.79 Å². The third-order valence-electron chi connectivity index (χ3n) is 1.29. The van der Waals surface area contributed by atoms with Crippen molar-refractivity contribution < 1.29 is 9.90 Å². The number of rotatable bonds is 3. The van der Waals surface area contributed by atoms with Crippen LogP contribution in [-0.4, -0.2) is 27.1 Å². The topological polar surface area (TPSA) is 92.0 Å². The zero-order chi connectivity index (χ0) is 8.27. The molecule has 0 amide bonds. The lowest BCUT2D eigenvalue weighted by Crippen LogP contribution is -2.32. The van der Waals surface area contributed by atoms with E-state index in [1.165, 1.54) is 0 Å². The molecule has 1 aromatic heterocycles. The van der Waals surface area contributed by atoms with Crippen LogP contribution >= 0.6 is 0 Å². The molecule has 0 aliphatic carbocycles. The fraction of sp³-hybridized carbons (Fsp3) is 0.333. The quantitative estimate of drug-likeness (QED) is 0.541. The molecule has 0 bridgehead atoms. The van der Waals surface area contributed by atoms with Crippen LogP contribution in [0.1, 0.15) is 5.82 Å². The van der Waals surface area contributed by atoms with Crippen molar-refractivity contribution in [3.05, 3.63) is 18.2 Å². The summed E-state index contributed by atoms with van der Waals surface area (Å²) in [5.41, 5.74) is 5.25. The lowest BCUT2D eigenvalue weighted by atomic mass is 10.2. The van der Waals surface area contributed by atoms with Gasteiger partial charge in [-0.05, 0) is 0 Å². The molecule has 0 aromatic carbocycles. The third-order valence-corrected chi connectivity index (χ3v) is 1.29. The van der Waals surface area contributed by atoms with Gasteiger partial charge in [0.15, 0.2) is 0 Å². The van der Waals surface area contributed by atoms with Gasteiger partial charge in [0, 0.05) is 18.8 Å². The molecule has 0 spiro atoms. The zero-order valence-corrected chi connectivity index (χ0v) is 5.82. The van der Waals surface area contributed by atoms with E-state index in [0.717, 1.165) is 0 Å². The van der Waals surface area contributed by atoms with Gasteiger partial charge in [0.05, 0.1) is 0 Å². The summed E-state index contributed by atoms with van der Waals surface area (Å²) >= 11 is 0. The molecule has 5 nitrogen and oxygen atoms in total. The molecule has 4 N–H and O–H groups in total. The lowest BCUT2D eigenvalue weighted by molar-refractivity contribution is -0.138. The smallest absolute Gasteiger partial charge is 0.320 e. The van der Waals surface area contributed by atoms with Crippen molar-refractivity contribution >= 4 is 5.97 Å². The first-order chi connectivity index (χ1) is 5.20. The van der Waals surface area contributed by atoms with E-state index in [-0.39, 0.29) is 6.42 Å². The molecular formula is C6H9N3O2. The summed E-state index contributed by atoms with van der Waals surface area (Å²) in [5, 5.41) is 8.41. The maximum atomic E-state index is 10.3. The molecule has 1 atom stereocenters. The molecular weight excluding hydrogens is 146 g/mol. The van der Waals surface area contributed by atoms with E-state index in [1.807, 2.05) is 0 Å². The van der Waals surface area contributed by atoms with Crippen LogP contribution in [0.5, 0.6) is 0 Å². The molecule has 0 aliphatic heterocycles. The highest BCUT2D eigenvalue weighted by molar-refractivity contribution is 5.73. The molecule has 0 radical (unpaired) electrons. The van der Waals surface area contributed by atoms with E-state index in [0.29, 0.717) is 5.82 Å². The SMILES string of the molecule is NC(Cc1ncc[nH]1)C(=O)O. The van der Waals surface area contributed by atoms with Crippen LogP contribution in [0.4, 0.5) is 0 Å². The maximum absolute atomic E-state index is 10.3. The summed E-state index contributed by atoms with van der Waals surface area (Å²) in [6.45, 7) is 0. The first-order valence-corrected chi connectivity index (χ1v) is 3.17. The molecule has 1 heterocycles. The summed E-state index contributed by atoms with van der Waals surface area (Å²) in [5.74, 6) is -0.415. The number of carboxylic acids is 1. The summed E-state index contributed by atoms with van der Waals surface area (Å²) in [6, 6.07) is -0.874. The van der Waals surface area contributed by atoms with Gasteiger partial charge in [-0.15, -0.1) is 0 Å². The Labute approximate surface area is 63.3 Å². The number of imidazole rings is 1. The molecule has 0 saturated heterocycles. The Bertz CT molecular complexity index is 232. The molecule has 1 rings (SSSR count). The number of aromatic amines is 1. The van der Waals surface area contributed by atoms with Gasteiger partial charge < -0.3 is 15.8 Å². The highest BCUT2D eigenvalue weighted by Crippen LogP contribution is 1.93. The standard InChI is InChI=1S/C6H9N3O2/c7-4(6(10)11)3-5-8-1-2-9-5/h1-2,4H,3,7H2,(H,8,9)(H,10,11). The number of carbonyl (C=O) groups is 1. The van der Waals surface area contributed by atoms with Crippen LogP contribution in [0.15, 0.2) is 12.4 Å². The van der Waals surface area contributed by atoms with Crippen molar-refractivity contribution in [3.63, 3.8) is 0 Å². The van der Waals surface area contributed by atoms with Gasteiger partial charge in [-0.1, -0.05) is 0 Å². The predicted molar refractivity (Wildman–Crippen MR) is 37.9 cm³/mol. The predicted octanol–water partition coefficient (Wildman–Crippen LogP) is -0.636. The van der Waals surface area contributed by atoms with Crippen LogP contribution in [0.2, 0.25) is 0 Å². The minimum atomic E-state index is -1.01. The van der Waals surface area contributed by atoms with Crippen molar-refractivity contribution in [1.29, 1.82) is 0 Å². The van der Waals surface area contributed by atoms with Crippen molar-refractivity contribution in [2.24, 2.45) is 5.73 Å². The third kappa shape index (κ3) is 2.05. The molecule has 1 unspecified atom stereocenters. The number of aromatic nitrogens is 2. The van der Waals surface area contributed by atoms with E-state index >= 15 is 0 Å². The van der Waals surface area contributed by atoms with Crippen molar-refractivity contribution in [2.75, 3.05) is 0 Å². The Morgan fingerprint density at radius 2 is 2.64 bits per heavy atom. The van der Waals surface area contributed by atoms with Gasteiger partial charge in [0.1, 0.15) is 11.9 Å². The Morgan fingerprint density at radius 1 is 1.91 bits per heavy atom. The minimum Gasteiger partial charge on any atom is -0.480 e. The monoisotopic (exact) mass is 155 g/mol. The second-order valence-corrected chi connectivity index (χ2v) is 2.18. The number of nitrogens with two attached hydrogens (primary N) is 1. The number of aliphatic carboxylic acids is 1. The summed E-state index contributed by atoms with van der Waals surface area (Å²) in [6.07, 6.45) is 3.43. The van der Waals surface area contributed by atoms with E-state index in [1.54, 1.807) is 12.4 Å². The normalized spacial score (nSPS) is 12.8. The zero-order valence-electron chi connectivity index (χ0n) is 5.82. The highest BCUT2D eigenvalue weighted by Gasteiger charge is 2.12. The highest BCUT2D eigenvalue weighted by atomic mass is 16.4. The first-order valence-electron chi connectivity index (χ1n) is 3.17. The Kier molecular flexibility index (Phi) is 2.22. The average molecular weight is 155 g/mol. The number of carboxylic acid groups (broad SMARTS) is 1. The van der Waals surface area contributed by atoms with Gasteiger partial charge in [-0.3, -0.25) is 4.79 Å². The Morgan fingerprint density at radius 3 is 3.09 bits per heavy atom. The Balaban J connectivity index is 2.50. The van der Waals surface area contributed by atoms with Gasteiger partial charge >= 0.3 is 5.97 Å². The van der Waals surface area contributed by atoms with Crippen LogP contribution in [-0.2, 0) is 11.2 Å². The van der Waals surface area contributed by atoms with Crippen LogP contribution in [0, 0.1) is 0 Å². The molecule has 0 aliphatic rings. The number of hydrogen-bond donors (Lipinski definition) is 3. The summed E-state index contributed by atoms with van der Waals surface area (Å²) in [7, 11) is 0. The summed E-state index contributed by atoms with van der Waals surface area (Å²) < 4.78 is 0. The number of H-pyrrole nitrogens is 1. The largest absolute Gasteiger partial charge is 0.480 e. The van der Waals surface area contributed by atoms with E-state index in [2.05, 4.69) is 9.97 Å². The van der Waals surface area contributed by atoms with E-state index < -0.39 is 12.0 Å². The summed E-state index contributed by atoms with van der Waals surface area (Å²) in [4.78, 5) is 16.9. The minimum absolute atomic E-state index is 0.238. The Hall–Kier alpha value is -1.36. The average Bonchev–Trinajstić information content (AvgIpc) is 2.39. The van der Waals surface area contributed by atoms with Gasteiger partial charge in [0.25, 0.3) is 0 Å². The molecule has 11 heavy (non-hydrogen) atoms. The van der Waals surface area contributed by atoms with Crippen LogP contribution < -0.4 is 5.73 Å². The van der Waals surface area contributed by atoms with Crippen LogP contribution in [0.25, 0.3) is 0 Å². The van der Waals surface area contributed by atoms with Crippen molar-refractivity contribution in [2.45, 2.75) is 12.5 Å². The molecule has 1 aromatic rings. The number of hydrogen-bond acceptors (Lipinski definition) is 3. The molecule has 0 fully saturated rings. The number of nitrogens with zero attached hydrogens (tertiary/aromatic N) is 1. The van der Waals surface area contributed by atoms with Gasteiger partial charge in [-0.25, -0.2) is 4.98 Å². The first kappa shape index (κ1) is 7.74. The molecule has 0 saturated carbocycles. The fourth-order valence-corrected chi connectivity index (χ4v) is 0.705. The lowest BCUT2D eigenvalue weighted by Gasteiger charge is -2.01. The van der Waals surface area contributed by atoms with Crippen molar-refractivity contribution in [3.8, 4) is 0 Å². The van der Waals surface area contributed by atoms with Crippen molar-refractivity contribution in [1.82, 2.24) is 9.97 Å². The second-order valence-electron chi connectivity index (χ2n) is 2.18.